The molecule has 7 heteroatoms. The first-order chi connectivity index (χ1) is 11.0. The molecule has 1 aliphatic carbocycles. The van der Waals surface area contributed by atoms with Gasteiger partial charge in [-0.25, -0.2) is 0 Å². The maximum Gasteiger partial charge on any atom is 0.426 e. The van der Waals surface area contributed by atoms with Gasteiger partial charge in [-0.15, -0.1) is 0 Å². The van der Waals surface area contributed by atoms with Crippen molar-refractivity contribution in [2.45, 2.75) is 33.6 Å². The molecule has 1 saturated carbocycles. The highest BCUT2D eigenvalue weighted by Crippen LogP contribution is 2.60. The second-order valence-corrected chi connectivity index (χ2v) is 7.29. The minimum absolute atomic E-state index is 0.0135. The molecule has 1 aromatic rings. The van der Waals surface area contributed by atoms with Gasteiger partial charge in [-0.2, -0.15) is 13.2 Å². The molecule has 0 unspecified atom stereocenters. The van der Waals surface area contributed by atoms with Crippen molar-refractivity contribution in [1.29, 1.82) is 0 Å². The first-order valence-corrected chi connectivity index (χ1v) is 8.07. The van der Waals surface area contributed by atoms with Crippen LogP contribution in [0.15, 0.2) is 29.3 Å². The molecule has 0 aromatic heterocycles. The van der Waals surface area contributed by atoms with Crippen molar-refractivity contribution in [3.05, 3.63) is 45.5 Å². The van der Waals surface area contributed by atoms with Crippen LogP contribution >= 0.6 is 23.2 Å². The summed E-state index contributed by atoms with van der Waals surface area (Å²) in [7, 11) is 0. The standard InChI is InChI=1S/C17H17Cl2F3O2/c1-9-5-4-6-12(18)10(9)8-24-15(23)14-11(16(14,2)3)7-13(19)17(20,21)22/h4-7,11,14H,8H2,1-3H3/b13-7-/t11-,14-/m1/s1. The van der Waals surface area contributed by atoms with Gasteiger partial charge in [-0.1, -0.05) is 55.3 Å². The van der Waals surface area contributed by atoms with Gasteiger partial charge >= 0.3 is 12.1 Å². The first-order valence-electron chi connectivity index (χ1n) is 7.31. The third-order valence-corrected chi connectivity index (χ3v) is 5.17. The number of ether oxygens (including phenoxy) is 1. The topological polar surface area (TPSA) is 26.3 Å². The minimum atomic E-state index is -4.61. The first kappa shape index (κ1) is 19.1. The van der Waals surface area contributed by atoms with Crippen LogP contribution in [-0.2, 0) is 16.1 Å². The van der Waals surface area contributed by atoms with Crippen molar-refractivity contribution >= 4 is 29.2 Å². The number of aryl methyl sites for hydroxylation is 1. The van der Waals surface area contributed by atoms with Crippen LogP contribution in [0.5, 0.6) is 0 Å². The molecular formula is C17H17Cl2F3O2. The SMILES string of the molecule is Cc1cccc(Cl)c1COC(=O)[C@H]1[C@@H](/C=C(\Cl)C(F)(F)F)C1(C)C. The molecule has 1 fully saturated rings. The number of rotatable bonds is 4. The molecular weight excluding hydrogens is 364 g/mol. The maximum atomic E-state index is 12.5. The number of benzene rings is 1. The number of carbonyl (C=O) groups is 1. The van der Waals surface area contributed by atoms with Crippen LogP contribution < -0.4 is 0 Å². The fourth-order valence-electron chi connectivity index (χ4n) is 2.77. The Morgan fingerprint density at radius 1 is 1.38 bits per heavy atom. The van der Waals surface area contributed by atoms with Gasteiger partial charge < -0.3 is 4.74 Å². The van der Waals surface area contributed by atoms with Crippen LogP contribution in [0, 0.1) is 24.2 Å². The molecule has 1 aliphatic rings. The number of carbonyl (C=O) groups excluding carboxylic acids is 1. The van der Waals surface area contributed by atoms with Gasteiger partial charge in [0, 0.05) is 10.6 Å². The maximum absolute atomic E-state index is 12.5. The Balaban J connectivity index is 2.06. The van der Waals surface area contributed by atoms with E-state index >= 15 is 0 Å². The highest BCUT2D eigenvalue weighted by atomic mass is 35.5. The smallest absolute Gasteiger partial charge is 0.426 e. The Kier molecular flexibility index (Phi) is 5.26. The van der Waals surface area contributed by atoms with Crippen LogP contribution in [0.3, 0.4) is 0 Å². The molecule has 1 aromatic carbocycles. The predicted octanol–water partition coefficient (Wildman–Crippen LogP) is 5.65. The average molecular weight is 381 g/mol. The Labute approximate surface area is 148 Å². The molecule has 0 aliphatic heterocycles. The molecule has 2 rings (SSSR count). The zero-order chi connectivity index (χ0) is 18.3. The summed E-state index contributed by atoms with van der Waals surface area (Å²) in [4.78, 5) is 12.2. The van der Waals surface area contributed by atoms with E-state index < -0.39 is 34.4 Å². The zero-order valence-corrected chi connectivity index (χ0v) is 14.9. The van der Waals surface area contributed by atoms with Gasteiger partial charge in [0.25, 0.3) is 0 Å². The van der Waals surface area contributed by atoms with E-state index in [0.29, 0.717) is 10.6 Å². The Morgan fingerprint density at radius 3 is 2.54 bits per heavy atom. The molecule has 24 heavy (non-hydrogen) atoms. The van der Waals surface area contributed by atoms with Crippen molar-refractivity contribution in [3.63, 3.8) is 0 Å². The van der Waals surface area contributed by atoms with Crippen molar-refractivity contribution in [2.75, 3.05) is 0 Å². The van der Waals surface area contributed by atoms with Gasteiger partial charge in [0.2, 0.25) is 0 Å². The van der Waals surface area contributed by atoms with Crippen molar-refractivity contribution in [2.24, 2.45) is 17.3 Å². The lowest BCUT2D eigenvalue weighted by Gasteiger charge is -2.10. The van der Waals surface area contributed by atoms with Gasteiger partial charge in [-0.3, -0.25) is 4.79 Å². The van der Waals surface area contributed by atoms with E-state index in [1.165, 1.54) is 0 Å². The Hall–Kier alpha value is -1.20. The zero-order valence-electron chi connectivity index (χ0n) is 13.4. The number of esters is 1. The second kappa shape index (κ2) is 6.60. The summed E-state index contributed by atoms with van der Waals surface area (Å²) in [6, 6.07) is 5.31. The molecule has 0 radical (unpaired) electrons. The predicted molar refractivity (Wildman–Crippen MR) is 86.7 cm³/mol. The largest absolute Gasteiger partial charge is 0.460 e. The normalized spacial score (nSPS) is 23.1. The van der Waals surface area contributed by atoms with Crippen LogP contribution in [0.4, 0.5) is 13.2 Å². The quantitative estimate of drug-likeness (QED) is 0.630. The highest BCUT2D eigenvalue weighted by Gasteiger charge is 2.62. The van der Waals surface area contributed by atoms with Crippen molar-refractivity contribution in [1.82, 2.24) is 0 Å². The van der Waals surface area contributed by atoms with E-state index in [-0.39, 0.29) is 6.61 Å². The van der Waals surface area contributed by atoms with Crippen LogP contribution in [0.25, 0.3) is 0 Å². The minimum Gasteiger partial charge on any atom is -0.460 e. The van der Waals surface area contributed by atoms with E-state index in [1.807, 2.05) is 13.0 Å². The van der Waals surface area contributed by atoms with Crippen LogP contribution in [0.2, 0.25) is 5.02 Å². The molecule has 0 spiro atoms. The molecule has 0 heterocycles. The molecule has 0 N–H and O–H groups in total. The van der Waals surface area contributed by atoms with Gasteiger partial charge in [-0.05, 0) is 29.9 Å². The second-order valence-electron chi connectivity index (χ2n) is 6.48. The average Bonchev–Trinajstić information content (AvgIpc) is 2.98. The number of halogens is 5. The van der Waals surface area contributed by atoms with Crippen LogP contribution in [-0.4, -0.2) is 12.1 Å². The monoisotopic (exact) mass is 380 g/mol. The number of alkyl halides is 3. The molecule has 2 atom stereocenters. The number of hydrogen-bond donors (Lipinski definition) is 0. The molecule has 2 nitrogen and oxygen atoms in total. The lowest BCUT2D eigenvalue weighted by Crippen LogP contribution is -2.11. The third-order valence-electron chi connectivity index (χ3n) is 4.47. The molecule has 0 amide bonds. The highest BCUT2D eigenvalue weighted by molar-refractivity contribution is 6.31. The van der Waals surface area contributed by atoms with E-state index in [2.05, 4.69) is 0 Å². The number of allylic oxidation sites excluding steroid dienone is 2. The molecule has 0 saturated heterocycles. The lowest BCUT2D eigenvalue weighted by atomic mass is 10.1. The molecule has 132 valence electrons. The van der Waals surface area contributed by atoms with E-state index in [0.717, 1.165) is 11.6 Å². The summed E-state index contributed by atoms with van der Waals surface area (Å²) < 4.78 is 42.9. The summed E-state index contributed by atoms with van der Waals surface area (Å²) in [5.74, 6) is -1.81. The number of hydrogen-bond acceptors (Lipinski definition) is 2. The Bertz CT molecular complexity index is 661. The summed E-state index contributed by atoms with van der Waals surface area (Å²) in [5, 5.41) is -0.729. The third kappa shape index (κ3) is 3.89. The van der Waals surface area contributed by atoms with Gasteiger partial charge in [0.15, 0.2) is 0 Å². The summed E-state index contributed by atoms with van der Waals surface area (Å²) in [6.45, 7) is 5.24. The van der Waals surface area contributed by atoms with E-state index in [4.69, 9.17) is 27.9 Å². The summed E-state index contributed by atoms with van der Waals surface area (Å²) in [5.41, 5.74) is 0.936. The summed E-state index contributed by atoms with van der Waals surface area (Å²) >= 11 is 11.3. The fourth-order valence-corrected chi connectivity index (χ4v) is 3.19. The Morgan fingerprint density at radius 2 is 2.00 bits per heavy atom. The lowest BCUT2D eigenvalue weighted by molar-refractivity contribution is -0.147. The van der Waals surface area contributed by atoms with E-state index in [9.17, 15) is 18.0 Å². The van der Waals surface area contributed by atoms with Crippen LogP contribution in [0.1, 0.15) is 25.0 Å². The van der Waals surface area contributed by atoms with Gasteiger partial charge in [0.05, 0.1) is 5.92 Å². The fraction of sp³-hybridized carbons (Fsp3) is 0.471. The molecule has 0 bridgehead atoms. The van der Waals surface area contributed by atoms with E-state index in [1.54, 1.807) is 26.0 Å². The summed E-state index contributed by atoms with van der Waals surface area (Å²) in [6.07, 6.45) is -3.71. The van der Waals surface area contributed by atoms with Gasteiger partial charge in [0.1, 0.15) is 11.6 Å². The van der Waals surface area contributed by atoms with Crippen molar-refractivity contribution in [3.8, 4) is 0 Å². The van der Waals surface area contributed by atoms with Crippen molar-refractivity contribution < 1.29 is 22.7 Å².